The standard InChI is InChI=1S/C28H24FN7O2/c1-36(2)5-6-38-20-9-17(13-30-14-20)24-12-23-26(15-32-24)34-35-27(23)25-11-22-21(3-4-31-28(22)33-25)16-7-18(29)10-19(37)8-16/h3-4,7-15,37H,5-6H2,1-2H3,(H,31,33)(H,34,35). The zero-order chi connectivity index (χ0) is 26.2. The van der Waals surface area contributed by atoms with E-state index in [0.29, 0.717) is 29.3 Å². The molecule has 0 bridgehead atoms. The fourth-order valence-corrected chi connectivity index (χ4v) is 4.40. The van der Waals surface area contributed by atoms with Gasteiger partial charge in [0.2, 0.25) is 0 Å². The van der Waals surface area contributed by atoms with Gasteiger partial charge in [-0.1, -0.05) is 0 Å². The number of nitrogens with one attached hydrogen (secondary N) is 2. The van der Waals surface area contributed by atoms with Crippen LogP contribution in [0, 0.1) is 5.82 Å². The Morgan fingerprint density at radius 1 is 0.974 bits per heavy atom. The summed E-state index contributed by atoms with van der Waals surface area (Å²) in [6, 6.07) is 11.6. The Bertz CT molecular complexity index is 1760. The highest BCUT2D eigenvalue weighted by atomic mass is 19.1. The number of likely N-dealkylation sites (N-methyl/N-ethyl adjacent to an activating group) is 1. The monoisotopic (exact) mass is 509 g/mol. The molecule has 10 heteroatoms. The molecule has 1 aromatic carbocycles. The zero-order valence-electron chi connectivity index (χ0n) is 20.7. The van der Waals surface area contributed by atoms with E-state index in [2.05, 4.69) is 35.0 Å². The molecule has 9 nitrogen and oxygen atoms in total. The number of aromatic hydroxyl groups is 1. The maximum absolute atomic E-state index is 14.0. The van der Waals surface area contributed by atoms with Gasteiger partial charge in [0.1, 0.15) is 35.3 Å². The van der Waals surface area contributed by atoms with Crippen LogP contribution >= 0.6 is 0 Å². The lowest BCUT2D eigenvalue weighted by Gasteiger charge is -2.11. The van der Waals surface area contributed by atoms with Crippen molar-refractivity contribution < 1.29 is 14.2 Å². The number of hydrogen-bond acceptors (Lipinski definition) is 7. The summed E-state index contributed by atoms with van der Waals surface area (Å²) >= 11 is 0. The second-order valence-electron chi connectivity index (χ2n) is 9.25. The molecule has 0 aliphatic rings. The smallest absolute Gasteiger partial charge is 0.138 e. The van der Waals surface area contributed by atoms with Crippen LogP contribution in [0.15, 0.2) is 67.3 Å². The molecular weight excluding hydrogens is 485 g/mol. The third kappa shape index (κ3) is 4.53. The average Bonchev–Trinajstić information content (AvgIpc) is 3.51. The minimum Gasteiger partial charge on any atom is -0.508 e. The van der Waals surface area contributed by atoms with Gasteiger partial charge in [0.15, 0.2) is 0 Å². The van der Waals surface area contributed by atoms with Crippen LogP contribution in [0.25, 0.3) is 55.7 Å². The van der Waals surface area contributed by atoms with Gasteiger partial charge >= 0.3 is 0 Å². The van der Waals surface area contributed by atoms with Gasteiger partial charge in [-0.15, -0.1) is 0 Å². The maximum atomic E-state index is 14.0. The molecule has 5 aromatic heterocycles. The van der Waals surface area contributed by atoms with E-state index in [9.17, 15) is 9.50 Å². The minimum atomic E-state index is -0.513. The van der Waals surface area contributed by atoms with Gasteiger partial charge in [0.25, 0.3) is 0 Å². The summed E-state index contributed by atoms with van der Waals surface area (Å²) in [7, 11) is 3.99. The SMILES string of the molecule is CN(C)CCOc1cncc(-c2cc3c(-c4cc5c(-c6cc(O)cc(F)c6)ccnc5[nH]4)n[nH]c3cn2)c1. The number of hydrogen-bond donors (Lipinski definition) is 3. The Morgan fingerprint density at radius 3 is 2.71 bits per heavy atom. The molecule has 0 unspecified atom stereocenters. The number of ether oxygens (including phenoxy) is 1. The molecule has 6 aromatic rings. The van der Waals surface area contributed by atoms with Crippen molar-refractivity contribution in [2.45, 2.75) is 0 Å². The van der Waals surface area contributed by atoms with Crippen molar-refractivity contribution in [2.75, 3.05) is 27.2 Å². The summed E-state index contributed by atoms with van der Waals surface area (Å²) in [4.78, 5) is 18.7. The highest BCUT2D eigenvalue weighted by molar-refractivity contribution is 6.00. The Morgan fingerprint density at radius 2 is 1.87 bits per heavy atom. The molecule has 0 saturated carbocycles. The van der Waals surface area contributed by atoms with Crippen molar-refractivity contribution in [3.63, 3.8) is 0 Å². The predicted molar refractivity (Wildman–Crippen MR) is 143 cm³/mol. The summed E-state index contributed by atoms with van der Waals surface area (Å²) in [6.45, 7) is 1.36. The molecule has 3 N–H and O–H groups in total. The van der Waals surface area contributed by atoms with E-state index in [1.807, 2.05) is 32.3 Å². The number of aromatic nitrogens is 6. The lowest BCUT2D eigenvalue weighted by Crippen LogP contribution is -2.19. The Labute approximate surface area is 217 Å². The minimum absolute atomic E-state index is 0.138. The van der Waals surface area contributed by atoms with Crippen LogP contribution < -0.4 is 4.74 Å². The summed E-state index contributed by atoms with van der Waals surface area (Å²) in [5.74, 6) is 0.0256. The number of phenolic OH excluding ortho intramolecular Hbond substituents is 1. The Hall–Kier alpha value is -4.83. The van der Waals surface area contributed by atoms with Gasteiger partial charge in [0.05, 0.1) is 29.3 Å². The largest absolute Gasteiger partial charge is 0.508 e. The third-order valence-corrected chi connectivity index (χ3v) is 6.24. The number of rotatable bonds is 7. The van der Waals surface area contributed by atoms with Gasteiger partial charge in [-0.3, -0.25) is 15.1 Å². The average molecular weight is 510 g/mol. The van der Waals surface area contributed by atoms with Crippen LogP contribution in [0.3, 0.4) is 0 Å². The van der Waals surface area contributed by atoms with E-state index in [1.54, 1.807) is 30.9 Å². The van der Waals surface area contributed by atoms with E-state index >= 15 is 0 Å². The van der Waals surface area contributed by atoms with Crippen molar-refractivity contribution in [2.24, 2.45) is 0 Å². The maximum Gasteiger partial charge on any atom is 0.138 e. The molecule has 6 rings (SSSR count). The highest BCUT2D eigenvalue weighted by Gasteiger charge is 2.16. The molecule has 0 saturated heterocycles. The zero-order valence-corrected chi connectivity index (χ0v) is 20.7. The Kier molecular flexibility index (Phi) is 5.93. The molecular formula is C28H24FN7O2. The van der Waals surface area contributed by atoms with Crippen LogP contribution in [0.2, 0.25) is 0 Å². The number of aromatic amines is 2. The molecule has 0 amide bonds. The summed E-state index contributed by atoms with van der Waals surface area (Å²) in [6.07, 6.45) is 6.82. The topological polar surface area (TPSA) is 116 Å². The molecule has 0 radical (unpaired) electrons. The van der Waals surface area contributed by atoms with E-state index in [-0.39, 0.29) is 5.75 Å². The van der Waals surface area contributed by atoms with Crippen LogP contribution in [0.1, 0.15) is 0 Å². The van der Waals surface area contributed by atoms with Crippen LogP contribution in [-0.2, 0) is 0 Å². The predicted octanol–water partition coefficient (Wildman–Crippen LogP) is 5.02. The quantitative estimate of drug-likeness (QED) is 0.277. The van der Waals surface area contributed by atoms with Crippen LogP contribution in [-0.4, -0.2) is 67.4 Å². The van der Waals surface area contributed by atoms with Gasteiger partial charge in [0, 0.05) is 41.3 Å². The van der Waals surface area contributed by atoms with Crippen molar-refractivity contribution in [3.05, 3.63) is 73.1 Å². The van der Waals surface area contributed by atoms with Gasteiger partial charge < -0.3 is 19.7 Å². The molecule has 0 aliphatic heterocycles. The first-order chi connectivity index (χ1) is 18.4. The number of fused-ring (bicyclic) bond motifs is 2. The molecule has 0 aliphatic carbocycles. The van der Waals surface area contributed by atoms with E-state index in [0.717, 1.165) is 51.4 Å². The van der Waals surface area contributed by atoms with Gasteiger partial charge in [-0.2, -0.15) is 5.10 Å². The van der Waals surface area contributed by atoms with Crippen LogP contribution in [0.5, 0.6) is 11.5 Å². The molecule has 0 atom stereocenters. The first-order valence-electron chi connectivity index (χ1n) is 12.0. The van der Waals surface area contributed by atoms with Crippen LogP contribution in [0.4, 0.5) is 4.39 Å². The molecule has 190 valence electrons. The number of pyridine rings is 3. The van der Waals surface area contributed by atoms with E-state index in [1.165, 1.54) is 12.1 Å². The Balaban J connectivity index is 1.38. The molecule has 5 heterocycles. The van der Waals surface area contributed by atoms with Crippen molar-refractivity contribution in [3.8, 4) is 45.3 Å². The number of phenols is 1. The first kappa shape index (κ1) is 23.6. The van der Waals surface area contributed by atoms with Gasteiger partial charge in [-0.05, 0) is 61.6 Å². The van der Waals surface area contributed by atoms with Crippen molar-refractivity contribution in [1.29, 1.82) is 0 Å². The second kappa shape index (κ2) is 9.56. The third-order valence-electron chi connectivity index (χ3n) is 6.24. The second-order valence-corrected chi connectivity index (χ2v) is 9.25. The van der Waals surface area contributed by atoms with E-state index < -0.39 is 5.82 Å². The normalized spacial score (nSPS) is 11.6. The number of halogens is 1. The molecule has 38 heavy (non-hydrogen) atoms. The van der Waals surface area contributed by atoms with Crippen molar-refractivity contribution >= 4 is 21.9 Å². The molecule has 0 fully saturated rings. The first-order valence-corrected chi connectivity index (χ1v) is 12.0. The van der Waals surface area contributed by atoms with Gasteiger partial charge in [-0.25, -0.2) is 9.37 Å². The molecule has 0 spiro atoms. The van der Waals surface area contributed by atoms with E-state index in [4.69, 9.17) is 4.74 Å². The lowest BCUT2D eigenvalue weighted by molar-refractivity contribution is 0.261. The summed E-state index contributed by atoms with van der Waals surface area (Å²) < 4.78 is 19.8. The number of benzene rings is 1. The summed E-state index contributed by atoms with van der Waals surface area (Å²) in [5.41, 5.74) is 5.69. The highest BCUT2D eigenvalue weighted by Crippen LogP contribution is 2.35. The number of nitrogens with zero attached hydrogens (tertiary/aromatic N) is 5. The fourth-order valence-electron chi connectivity index (χ4n) is 4.40. The fraction of sp³-hybridized carbons (Fsp3) is 0.143. The number of H-pyrrole nitrogens is 2. The lowest BCUT2D eigenvalue weighted by atomic mass is 10.0. The summed E-state index contributed by atoms with van der Waals surface area (Å²) in [5, 5.41) is 19.1. The van der Waals surface area contributed by atoms with Crippen molar-refractivity contribution in [1.82, 2.24) is 35.0 Å².